The Hall–Kier alpha value is -1.82. The van der Waals surface area contributed by atoms with E-state index < -0.39 is 5.97 Å². The summed E-state index contributed by atoms with van der Waals surface area (Å²) in [7, 11) is 1.65. The number of piperidine rings is 1. The topological polar surface area (TPSA) is 80.0 Å². The van der Waals surface area contributed by atoms with Gasteiger partial charge in [-0.15, -0.1) is 0 Å². The predicted molar refractivity (Wildman–Crippen MR) is 66.2 cm³/mol. The molecule has 1 N–H and O–H groups in total. The number of nitrogens with zero attached hydrogens (tertiary/aromatic N) is 1. The number of aromatic carboxylic acids is 1. The molecule has 1 aromatic rings. The summed E-state index contributed by atoms with van der Waals surface area (Å²) in [5, 5.41) is 8.77. The van der Waals surface area contributed by atoms with Gasteiger partial charge >= 0.3 is 5.97 Å². The summed E-state index contributed by atoms with van der Waals surface area (Å²) < 4.78 is 10.1. The van der Waals surface area contributed by atoms with E-state index in [1.807, 2.05) is 0 Å². The first-order valence-corrected chi connectivity index (χ1v) is 6.23. The van der Waals surface area contributed by atoms with Gasteiger partial charge in [0.15, 0.2) is 5.76 Å². The second-order valence-corrected chi connectivity index (χ2v) is 4.68. The van der Waals surface area contributed by atoms with E-state index >= 15 is 0 Å². The van der Waals surface area contributed by atoms with E-state index in [4.69, 9.17) is 14.3 Å². The highest BCUT2D eigenvalue weighted by Crippen LogP contribution is 2.19. The number of amides is 1. The molecule has 1 aromatic heterocycles. The highest BCUT2D eigenvalue weighted by Gasteiger charge is 2.26. The second-order valence-electron chi connectivity index (χ2n) is 4.68. The number of rotatable bonds is 4. The number of carboxylic acid groups (broad SMARTS) is 1. The lowest BCUT2D eigenvalue weighted by molar-refractivity contribution is 0.0536. The molecule has 1 aliphatic heterocycles. The highest BCUT2D eigenvalue weighted by molar-refractivity contribution is 5.93. The lowest BCUT2D eigenvalue weighted by atomic mass is 9.99. The monoisotopic (exact) mass is 267 g/mol. The summed E-state index contributed by atoms with van der Waals surface area (Å²) >= 11 is 0. The molecule has 0 bridgehead atoms. The first kappa shape index (κ1) is 13.6. The minimum absolute atomic E-state index is 0.0791. The van der Waals surface area contributed by atoms with Gasteiger partial charge in [-0.3, -0.25) is 4.79 Å². The molecule has 1 saturated heterocycles. The van der Waals surface area contributed by atoms with E-state index in [1.54, 1.807) is 12.0 Å². The normalized spacial score (nSPS) is 19.4. The van der Waals surface area contributed by atoms with Crippen molar-refractivity contribution in [3.8, 4) is 0 Å². The third-order valence-corrected chi connectivity index (χ3v) is 3.24. The van der Waals surface area contributed by atoms with Crippen molar-refractivity contribution in [2.24, 2.45) is 5.92 Å². The third kappa shape index (κ3) is 3.14. The maximum atomic E-state index is 12.2. The Morgan fingerprint density at radius 2 is 2.21 bits per heavy atom. The Labute approximate surface area is 110 Å². The zero-order valence-electron chi connectivity index (χ0n) is 10.8. The summed E-state index contributed by atoms with van der Waals surface area (Å²) in [6, 6.07) is 2.71. The van der Waals surface area contributed by atoms with Gasteiger partial charge in [0, 0.05) is 20.2 Å². The minimum atomic E-state index is -1.17. The van der Waals surface area contributed by atoms with Crippen molar-refractivity contribution in [1.82, 2.24) is 4.90 Å². The first-order valence-electron chi connectivity index (χ1n) is 6.23. The molecule has 2 heterocycles. The summed E-state index contributed by atoms with van der Waals surface area (Å²) in [4.78, 5) is 24.6. The number of carboxylic acids is 1. The summed E-state index contributed by atoms with van der Waals surface area (Å²) in [6.07, 6.45) is 1.96. The SMILES string of the molecule is COCC1CCCN(C(=O)c2ccc(C(=O)O)o2)C1. The standard InChI is InChI=1S/C13H17NO5/c1-18-8-9-3-2-6-14(7-9)12(15)10-4-5-11(19-10)13(16)17/h4-5,9H,2-3,6-8H2,1H3,(H,16,17). The molecule has 19 heavy (non-hydrogen) atoms. The van der Waals surface area contributed by atoms with Crippen LogP contribution in [0, 0.1) is 5.92 Å². The Morgan fingerprint density at radius 3 is 2.84 bits per heavy atom. The van der Waals surface area contributed by atoms with Crippen LogP contribution in [0.15, 0.2) is 16.5 Å². The highest BCUT2D eigenvalue weighted by atomic mass is 16.5. The van der Waals surface area contributed by atoms with Crippen molar-refractivity contribution in [2.45, 2.75) is 12.8 Å². The number of carbonyl (C=O) groups excluding carboxylic acids is 1. The van der Waals surface area contributed by atoms with Crippen molar-refractivity contribution in [2.75, 3.05) is 26.8 Å². The molecular formula is C13H17NO5. The molecule has 0 saturated carbocycles. The average Bonchev–Trinajstić information content (AvgIpc) is 2.88. The van der Waals surface area contributed by atoms with Gasteiger partial charge in [0.1, 0.15) is 0 Å². The van der Waals surface area contributed by atoms with Gasteiger partial charge in [0.2, 0.25) is 5.76 Å². The molecule has 0 radical (unpaired) electrons. The number of hydrogen-bond donors (Lipinski definition) is 1. The van der Waals surface area contributed by atoms with E-state index in [2.05, 4.69) is 0 Å². The van der Waals surface area contributed by atoms with Crippen LogP contribution in [-0.4, -0.2) is 48.7 Å². The van der Waals surface area contributed by atoms with E-state index in [1.165, 1.54) is 12.1 Å². The van der Waals surface area contributed by atoms with Gasteiger partial charge in [-0.1, -0.05) is 0 Å². The van der Waals surface area contributed by atoms with Crippen LogP contribution >= 0.6 is 0 Å². The van der Waals surface area contributed by atoms with Crippen molar-refractivity contribution in [1.29, 1.82) is 0 Å². The molecule has 6 heteroatoms. The quantitative estimate of drug-likeness (QED) is 0.893. The fourth-order valence-corrected chi connectivity index (χ4v) is 2.34. The van der Waals surface area contributed by atoms with Crippen LogP contribution in [0.25, 0.3) is 0 Å². The van der Waals surface area contributed by atoms with E-state index in [0.29, 0.717) is 25.6 Å². The number of methoxy groups -OCH3 is 1. The third-order valence-electron chi connectivity index (χ3n) is 3.24. The number of carbonyl (C=O) groups is 2. The van der Waals surface area contributed by atoms with Crippen molar-refractivity contribution in [3.05, 3.63) is 23.7 Å². The first-order chi connectivity index (χ1) is 9.11. The Kier molecular flexibility index (Phi) is 4.21. The van der Waals surface area contributed by atoms with Crippen LogP contribution in [0.5, 0.6) is 0 Å². The summed E-state index contributed by atoms with van der Waals surface area (Å²) in [6.45, 7) is 1.92. The second kappa shape index (κ2) is 5.88. The minimum Gasteiger partial charge on any atom is -0.475 e. The largest absolute Gasteiger partial charge is 0.475 e. The molecule has 6 nitrogen and oxygen atoms in total. The van der Waals surface area contributed by atoms with Gasteiger partial charge in [0.05, 0.1) is 6.61 Å². The van der Waals surface area contributed by atoms with E-state index in [9.17, 15) is 9.59 Å². The Balaban J connectivity index is 2.03. The molecule has 1 fully saturated rings. The number of likely N-dealkylation sites (tertiary alicyclic amines) is 1. The smallest absolute Gasteiger partial charge is 0.371 e. The molecule has 0 spiro atoms. The number of furan rings is 1. The molecule has 104 valence electrons. The molecule has 1 aliphatic rings. The predicted octanol–water partition coefficient (Wildman–Crippen LogP) is 1.48. The van der Waals surface area contributed by atoms with Crippen LogP contribution in [0.3, 0.4) is 0 Å². The fraction of sp³-hybridized carbons (Fsp3) is 0.538. The van der Waals surface area contributed by atoms with Gasteiger partial charge in [-0.2, -0.15) is 0 Å². The number of ether oxygens (including phenoxy) is 1. The van der Waals surface area contributed by atoms with Crippen molar-refractivity contribution < 1.29 is 23.8 Å². The van der Waals surface area contributed by atoms with E-state index in [0.717, 1.165) is 12.8 Å². The lowest BCUT2D eigenvalue weighted by Crippen LogP contribution is -2.41. The summed E-state index contributed by atoms with van der Waals surface area (Å²) in [5.74, 6) is -1.23. The maximum absolute atomic E-state index is 12.2. The van der Waals surface area contributed by atoms with Crippen molar-refractivity contribution >= 4 is 11.9 Å². The van der Waals surface area contributed by atoms with Crippen LogP contribution in [0.1, 0.15) is 34.0 Å². The van der Waals surface area contributed by atoms with Gasteiger partial charge in [-0.05, 0) is 30.9 Å². The molecule has 1 atom stereocenters. The molecule has 0 aliphatic carbocycles. The molecule has 0 aromatic carbocycles. The molecule has 2 rings (SSSR count). The van der Waals surface area contributed by atoms with Crippen LogP contribution < -0.4 is 0 Å². The maximum Gasteiger partial charge on any atom is 0.371 e. The fourth-order valence-electron chi connectivity index (χ4n) is 2.34. The van der Waals surface area contributed by atoms with Gasteiger partial charge in [0.25, 0.3) is 5.91 Å². The van der Waals surface area contributed by atoms with Crippen molar-refractivity contribution in [3.63, 3.8) is 0 Å². The molecular weight excluding hydrogens is 250 g/mol. The Morgan fingerprint density at radius 1 is 1.47 bits per heavy atom. The van der Waals surface area contributed by atoms with Crippen LogP contribution in [0.2, 0.25) is 0 Å². The average molecular weight is 267 g/mol. The van der Waals surface area contributed by atoms with Gasteiger partial charge in [-0.25, -0.2) is 4.79 Å². The zero-order valence-corrected chi connectivity index (χ0v) is 10.8. The summed E-state index contributed by atoms with van der Waals surface area (Å²) in [5.41, 5.74) is 0. The van der Waals surface area contributed by atoms with Gasteiger partial charge < -0.3 is 19.2 Å². The Bertz CT molecular complexity index is 465. The number of hydrogen-bond acceptors (Lipinski definition) is 4. The van der Waals surface area contributed by atoms with Crippen LogP contribution in [0.4, 0.5) is 0 Å². The van der Waals surface area contributed by atoms with Crippen LogP contribution in [-0.2, 0) is 4.74 Å². The lowest BCUT2D eigenvalue weighted by Gasteiger charge is -2.31. The van der Waals surface area contributed by atoms with E-state index in [-0.39, 0.29) is 17.4 Å². The molecule has 1 unspecified atom stereocenters. The zero-order chi connectivity index (χ0) is 13.8. The molecule has 1 amide bonds.